The van der Waals surface area contributed by atoms with Gasteiger partial charge in [0.25, 0.3) is 5.91 Å². The standard InChI is InChI=1S/C16H23N3O2/c1-2-16(21,11-19-7-5-17-6-8-19)13-4-3-12-10-18-15(20)14(12)9-13/h3-4,9,17,21H,2,5-8,10-11H2,1H3,(H,18,20). The molecule has 0 spiro atoms. The van der Waals surface area contributed by atoms with Crippen LogP contribution in [0.25, 0.3) is 0 Å². The molecule has 1 aromatic carbocycles. The van der Waals surface area contributed by atoms with Crippen molar-refractivity contribution in [2.45, 2.75) is 25.5 Å². The van der Waals surface area contributed by atoms with E-state index in [0.29, 0.717) is 25.1 Å². The second-order valence-electron chi connectivity index (χ2n) is 5.97. The highest BCUT2D eigenvalue weighted by Gasteiger charge is 2.32. The largest absolute Gasteiger partial charge is 0.384 e. The number of nitrogens with zero attached hydrogens (tertiary/aromatic N) is 1. The molecule has 5 nitrogen and oxygen atoms in total. The van der Waals surface area contributed by atoms with Gasteiger partial charge in [0.1, 0.15) is 5.60 Å². The van der Waals surface area contributed by atoms with Crippen LogP contribution in [-0.2, 0) is 12.1 Å². The lowest BCUT2D eigenvalue weighted by molar-refractivity contribution is -0.00740. The molecule has 2 aliphatic heterocycles. The number of amides is 1. The van der Waals surface area contributed by atoms with E-state index in [1.807, 2.05) is 25.1 Å². The molecule has 1 aromatic rings. The Morgan fingerprint density at radius 3 is 2.81 bits per heavy atom. The molecule has 3 N–H and O–H groups in total. The van der Waals surface area contributed by atoms with Crippen LogP contribution in [-0.4, -0.2) is 48.6 Å². The van der Waals surface area contributed by atoms with Gasteiger partial charge in [0.05, 0.1) is 0 Å². The average molecular weight is 289 g/mol. The van der Waals surface area contributed by atoms with Gasteiger partial charge in [-0.2, -0.15) is 0 Å². The molecule has 21 heavy (non-hydrogen) atoms. The fraction of sp³-hybridized carbons (Fsp3) is 0.562. The molecule has 114 valence electrons. The van der Waals surface area contributed by atoms with Crippen LogP contribution in [0, 0.1) is 0 Å². The van der Waals surface area contributed by atoms with Crippen molar-refractivity contribution in [1.29, 1.82) is 0 Å². The third kappa shape index (κ3) is 2.81. The van der Waals surface area contributed by atoms with Crippen LogP contribution in [0.2, 0.25) is 0 Å². The van der Waals surface area contributed by atoms with E-state index in [1.54, 1.807) is 0 Å². The lowest BCUT2D eigenvalue weighted by Gasteiger charge is -2.36. The summed E-state index contributed by atoms with van der Waals surface area (Å²) in [7, 11) is 0. The highest BCUT2D eigenvalue weighted by Crippen LogP contribution is 2.29. The number of nitrogens with one attached hydrogen (secondary N) is 2. The molecule has 3 rings (SSSR count). The Kier molecular flexibility index (Phi) is 3.97. The normalized spacial score (nSPS) is 21.7. The molecule has 0 bridgehead atoms. The summed E-state index contributed by atoms with van der Waals surface area (Å²) < 4.78 is 0. The number of carbonyl (C=O) groups excluding carboxylic acids is 1. The number of carbonyl (C=O) groups is 1. The van der Waals surface area contributed by atoms with Gasteiger partial charge in [0.2, 0.25) is 0 Å². The molecule has 1 amide bonds. The van der Waals surface area contributed by atoms with Crippen molar-refractivity contribution in [3.8, 4) is 0 Å². The van der Waals surface area contributed by atoms with Crippen molar-refractivity contribution in [3.05, 3.63) is 34.9 Å². The molecular formula is C16H23N3O2. The fourth-order valence-corrected chi connectivity index (χ4v) is 3.15. The van der Waals surface area contributed by atoms with E-state index in [2.05, 4.69) is 15.5 Å². The zero-order valence-electron chi connectivity index (χ0n) is 12.5. The molecule has 5 heteroatoms. The SMILES string of the molecule is CCC(O)(CN1CCNCC1)c1ccc2c(c1)C(=O)NC2. The maximum absolute atomic E-state index is 11.8. The summed E-state index contributed by atoms with van der Waals surface area (Å²) in [5, 5.41) is 17.2. The van der Waals surface area contributed by atoms with Crippen molar-refractivity contribution in [1.82, 2.24) is 15.5 Å². The van der Waals surface area contributed by atoms with Gasteiger partial charge in [-0.15, -0.1) is 0 Å². The maximum Gasteiger partial charge on any atom is 0.251 e. The first kappa shape index (κ1) is 14.5. The van der Waals surface area contributed by atoms with E-state index in [4.69, 9.17) is 0 Å². The third-order valence-electron chi connectivity index (χ3n) is 4.61. The number of benzene rings is 1. The Morgan fingerprint density at radius 1 is 1.33 bits per heavy atom. The molecule has 2 aliphatic rings. The number of hydrogen-bond acceptors (Lipinski definition) is 4. The Hall–Kier alpha value is -1.43. The lowest BCUT2D eigenvalue weighted by atomic mass is 9.88. The average Bonchev–Trinajstić information content (AvgIpc) is 2.89. The Balaban J connectivity index is 1.84. The highest BCUT2D eigenvalue weighted by molar-refractivity contribution is 5.98. The van der Waals surface area contributed by atoms with Crippen LogP contribution in [0.3, 0.4) is 0 Å². The number of aliphatic hydroxyl groups is 1. The van der Waals surface area contributed by atoms with E-state index < -0.39 is 5.60 Å². The van der Waals surface area contributed by atoms with Crippen LogP contribution in [0.1, 0.15) is 34.8 Å². The predicted octanol–water partition coefficient (Wildman–Crippen LogP) is 0.433. The first-order valence-corrected chi connectivity index (χ1v) is 7.69. The summed E-state index contributed by atoms with van der Waals surface area (Å²) in [4.78, 5) is 14.1. The van der Waals surface area contributed by atoms with Crippen molar-refractivity contribution < 1.29 is 9.90 Å². The number of rotatable bonds is 4. The third-order valence-corrected chi connectivity index (χ3v) is 4.61. The van der Waals surface area contributed by atoms with Crippen molar-refractivity contribution in [3.63, 3.8) is 0 Å². The highest BCUT2D eigenvalue weighted by atomic mass is 16.3. The minimum absolute atomic E-state index is 0.0347. The maximum atomic E-state index is 11.8. The molecule has 0 radical (unpaired) electrons. The van der Waals surface area contributed by atoms with Gasteiger partial charge >= 0.3 is 0 Å². The molecule has 0 aliphatic carbocycles. The lowest BCUT2D eigenvalue weighted by Crippen LogP contribution is -2.49. The summed E-state index contributed by atoms with van der Waals surface area (Å²) in [6.07, 6.45) is 0.636. The van der Waals surface area contributed by atoms with Crippen molar-refractivity contribution >= 4 is 5.91 Å². The minimum atomic E-state index is -0.894. The Bertz CT molecular complexity index is 540. The van der Waals surface area contributed by atoms with Gasteiger partial charge in [0, 0.05) is 44.8 Å². The molecule has 1 fully saturated rings. The van der Waals surface area contributed by atoms with Gasteiger partial charge < -0.3 is 15.7 Å². The molecule has 0 aromatic heterocycles. The zero-order valence-corrected chi connectivity index (χ0v) is 12.5. The van der Waals surface area contributed by atoms with E-state index >= 15 is 0 Å². The zero-order chi connectivity index (χ0) is 14.9. The van der Waals surface area contributed by atoms with Crippen LogP contribution >= 0.6 is 0 Å². The number of hydrogen-bond donors (Lipinski definition) is 3. The molecule has 0 saturated carbocycles. The van der Waals surface area contributed by atoms with Crippen molar-refractivity contribution in [2.75, 3.05) is 32.7 Å². The van der Waals surface area contributed by atoms with Gasteiger partial charge in [-0.3, -0.25) is 9.69 Å². The summed E-state index contributed by atoms with van der Waals surface area (Å²) >= 11 is 0. The summed E-state index contributed by atoms with van der Waals surface area (Å²) in [5.41, 5.74) is 1.68. The van der Waals surface area contributed by atoms with Crippen molar-refractivity contribution in [2.24, 2.45) is 0 Å². The number of piperazine rings is 1. The van der Waals surface area contributed by atoms with Gasteiger partial charge in [-0.05, 0) is 23.6 Å². The molecule has 2 heterocycles. The van der Waals surface area contributed by atoms with E-state index in [1.165, 1.54) is 0 Å². The molecule has 1 atom stereocenters. The topological polar surface area (TPSA) is 64.6 Å². The Labute approximate surface area is 125 Å². The van der Waals surface area contributed by atoms with Crippen LogP contribution in [0.15, 0.2) is 18.2 Å². The summed E-state index contributed by atoms with van der Waals surface area (Å²) in [5.74, 6) is -0.0347. The molecule has 1 unspecified atom stereocenters. The first-order valence-electron chi connectivity index (χ1n) is 7.69. The minimum Gasteiger partial charge on any atom is -0.384 e. The monoisotopic (exact) mass is 289 g/mol. The van der Waals surface area contributed by atoms with Crippen LogP contribution in [0.4, 0.5) is 0 Å². The van der Waals surface area contributed by atoms with E-state index in [0.717, 1.165) is 37.3 Å². The first-order chi connectivity index (χ1) is 10.1. The second-order valence-corrected chi connectivity index (χ2v) is 5.97. The fourth-order valence-electron chi connectivity index (χ4n) is 3.15. The predicted molar refractivity (Wildman–Crippen MR) is 81.1 cm³/mol. The van der Waals surface area contributed by atoms with E-state index in [9.17, 15) is 9.90 Å². The van der Waals surface area contributed by atoms with Gasteiger partial charge in [-0.1, -0.05) is 19.1 Å². The molecular weight excluding hydrogens is 266 g/mol. The quantitative estimate of drug-likeness (QED) is 0.752. The Morgan fingerprint density at radius 2 is 2.10 bits per heavy atom. The van der Waals surface area contributed by atoms with Crippen LogP contribution < -0.4 is 10.6 Å². The number of fused-ring (bicyclic) bond motifs is 1. The summed E-state index contributed by atoms with van der Waals surface area (Å²) in [6, 6.07) is 5.79. The molecule has 1 saturated heterocycles. The second kappa shape index (κ2) is 5.75. The number of β-amino-alcohol motifs (C(OH)–C–C–N with tert-alkyl or cyclic N) is 1. The van der Waals surface area contributed by atoms with Gasteiger partial charge in [0.15, 0.2) is 0 Å². The smallest absolute Gasteiger partial charge is 0.251 e. The van der Waals surface area contributed by atoms with Crippen LogP contribution in [0.5, 0.6) is 0 Å². The van der Waals surface area contributed by atoms with Gasteiger partial charge in [-0.25, -0.2) is 0 Å². The summed E-state index contributed by atoms with van der Waals surface area (Å²) in [6.45, 7) is 7.04. The van der Waals surface area contributed by atoms with E-state index in [-0.39, 0.29) is 5.91 Å².